The maximum atomic E-state index is 13.9. The lowest BCUT2D eigenvalue weighted by Crippen LogP contribution is -2.31. The Morgan fingerprint density at radius 2 is 1.75 bits per heavy atom. The summed E-state index contributed by atoms with van der Waals surface area (Å²) in [5.74, 6) is 0.237. The lowest BCUT2D eigenvalue weighted by Gasteiger charge is -2.27. The molecule has 6 nitrogen and oxygen atoms in total. The number of hydrogen-bond acceptors (Lipinski definition) is 4. The Bertz CT molecular complexity index is 1220. The van der Waals surface area contributed by atoms with E-state index in [1.54, 1.807) is 48.4 Å². The summed E-state index contributed by atoms with van der Waals surface area (Å²) in [6.45, 7) is 0.510. The summed E-state index contributed by atoms with van der Waals surface area (Å²) in [6, 6.07) is 19.0. The van der Waals surface area contributed by atoms with Crippen LogP contribution in [0.5, 0.6) is 5.75 Å². The fraction of sp³-hybridized carbons (Fsp3) is 0.310. The number of amides is 2. The van der Waals surface area contributed by atoms with Gasteiger partial charge in [0.05, 0.1) is 7.11 Å². The predicted octanol–water partition coefficient (Wildman–Crippen LogP) is 5.48. The molecule has 0 bridgehead atoms. The molecule has 1 aliphatic rings. The number of rotatable bonds is 9. The van der Waals surface area contributed by atoms with Gasteiger partial charge in [-0.3, -0.25) is 9.59 Å². The van der Waals surface area contributed by atoms with Gasteiger partial charge in [0.25, 0.3) is 5.91 Å². The number of carbonyl (C=O) groups excluding carboxylic acids is 2. The van der Waals surface area contributed by atoms with Crippen LogP contribution in [-0.4, -0.2) is 37.9 Å². The minimum atomic E-state index is -0.348. The number of carbonyl (C=O) groups is 2. The fourth-order valence-electron chi connectivity index (χ4n) is 4.32. The molecule has 0 radical (unpaired) electrons. The molecule has 0 aliphatic heterocycles. The first-order chi connectivity index (χ1) is 17.3. The van der Waals surface area contributed by atoms with Crippen LogP contribution >= 0.6 is 0 Å². The maximum Gasteiger partial charge on any atom is 0.254 e. The van der Waals surface area contributed by atoms with Crippen LogP contribution < -0.4 is 15.0 Å². The lowest BCUT2D eigenvalue weighted by molar-refractivity contribution is -0.122. The van der Waals surface area contributed by atoms with Crippen molar-refractivity contribution in [2.24, 2.45) is 5.92 Å². The third-order valence-corrected chi connectivity index (χ3v) is 6.55. The number of methoxy groups -OCH3 is 1. The van der Waals surface area contributed by atoms with Crippen molar-refractivity contribution in [3.8, 4) is 5.75 Å². The Morgan fingerprint density at radius 3 is 2.36 bits per heavy atom. The van der Waals surface area contributed by atoms with E-state index in [0.29, 0.717) is 22.6 Å². The zero-order valence-corrected chi connectivity index (χ0v) is 21.0. The summed E-state index contributed by atoms with van der Waals surface area (Å²) in [5, 5.41) is 3.03. The number of nitrogens with zero attached hydrogens (tertiary/aromatic N) is 2. The second kappa shape index (κ2) is 11.2. The Hall–Kier alpha value is -3.87. The van der Waals surface area contributed by atoms with Gasteiger partial charge in [-0.15, -0.1) is 0 Å². The van der Waals surface area contributed by atoms with Gasteiger partial charge in [0.15, 0.2) is 0 Å². The maximum absolute atomic E-state index is 13.9. The SMILES string of the molecule is COc1ccc(C(=O)N(Cc2cccc(F)c2)Cc2cc(NC(=O)C3CCC3)ccc2N(C)C)cc1. The smallest absolute Gasteiger partial charge is 0.254 e. The summed E-state index contributed by atoms with van der Waals surface area (Å²) in [4.78, 5) is 29.8. The number of ether oxygens (including phenoxy) is 1. The highest BCUT2D eigenvalue weighted by Crippen LogP contribution is 2.30. The fourth-order valence-corrected chi connectivity index (χ4v) is 4.32. The second-order valence-electron chi connectivity index (χ2n) is 9.37. The zero-order chi connectivity index (χ0) is 25.7. The molecule has 1 N–H and O–H groups in total. The molecule has 0 saturated heterocycles. The highest BCUT2D eigenvalue weighted by Gasteiger charge is 2.25. The first-order valence-electron chi connectivity index (χ1n) is 12.1. The van der Waals surface area contributed by atoms with E-state index in [1.807, 2.05) is 37.2 Å². The Labute approximate surface area is 211 Å². The van der Waals surface area contributed by atoms with Gasteiger partial charge in [-0.25, -0.2) is 4.39 Å². The van der Waals surface area contributed by atoms with Crippen LogP contribution in [0, 0.1) is 11.7 Å². The third kappa shape index (κ3) is 6.03. The molecule has 7 heteroatoms. The summed E-state index contributed by atoms with van der Waals surface area (Å²) in [5.41, 5.74) is 3.72. The topological polar surface area (TPSA) is 61.9 Å². The normalized spacial score (nSPS) is 13.0. The molecule has 1 fully saturated rings. The summed E-state index contributed by atoms with van der Waals surface area (Å²) >= 11 is 0. The van der Waals surface area contributed by atoms with Crippen molar-refractivity contribution in [3.05, 3.63) is 89.2 Å². The molecule has 36 heavy (non-hydrogen) atoms. The molecule has 4 rings (SSSR count). The van der Waals surface area contributed by atoms with Crippen molar-refractivity contribution >= 4 is 23.2 Å². The van der Waals surface area contributed by atoms with Crippen LogP contribution in [0.15, 0.2) is 66.7 Å². The molecule has 0 atom stereocenters. The second-order valence-corrected chi connectivity index (χ2v) is 9.37. The zero-order valence-electron chi connectivity index (χ0n) is 21.0. The van der Waals surface area contributed by atoms with Crippen molar-refractivity contribution in [2.45, 2.75) is 32.4 Å². The number of benzene rings is 3. The first-order valence-corrected chi connectivity index (χ1v) is 12.1. The van der Waals surface area contributed by atoms with E-state index in [2.05, 4.69) is 5.32 Å². The van der Waals surface area contributed by atoms with E-state index in [4.69, 9.17) is 4.74 Å². The lowest BCUT2D eigenvalue weighted by atomic mass is 9.85. The van der Waals surface area contributed by atoms with Gasteiger partial charge in [-0.1, -0.05) is 18.6 Å². The average molecular weight is 490 g/mol. The van der Waals surface area contributed by atoms with Gasteiger partial charge in [0, 0.05) is 50.0 Å². The molecule has 1 aliphatic carbocycles. The quantitative estimate of drug-likeness (QED) is 0.432. The summed E-state index contributed by atoms with van der Waals surface area (Å²) in [7, 11) is 5.45. The molecule has 0 aromatic heterocycles. The Balaban J connectivity index is 1.65. The predicted molar refractivity (Wildman–Crippen MR) is 140 cm³/mol. The van der Waals surface area contributed by atoms with Gasteiger partial charge in [0.2, 0.25) is 5.91 Å². The van der Waals surface area contributed by atoms with Crippen molar-refractivity contribution < 1.29 is 18.7 Å². The van der Waals surface area contributed by atoms with Crippen LogP contribution in [0.2, 0.25) is 0 Å². The molecule has 0 heterocycles. The van der Waals surface area contributed by atoms with Crippen LogP contribution in [0.3, 0.4) is 0 Å². The molecule has 2 amide bonds. The minimum Gasteiger partial charge on any atom is -0.497 e. The van der Waals surface area contributed by atoms with Gasteiger partial charge in [-0.05, 0) is 78.6 Å². The largest absolute Gasteiger partial charge is 0.497 e. The highest BCUT2D eigenvalue weighted by molar-refractivity contribution is 5.95. The van der Waals surface area contributed by atoms with E-state index < -0.39 is 0 Å². The van der Waals surface area contributed by atoms with E-state index in [0.717, 1.165) is 30.5 Å². The first kappa shape index (κ1) is 25.2. The van der Waals surface area contributed by atoms with Gasteiger partial charge < -0.3 is 19.9 Å². The molecule has 1 saturated carbocycles. The van der Waals surface area contributed by atoms with E-state index in [-0.39, 0.29) is 36.6 Å². The van der Waals surface area contributed by atoms with Crippen LogP contribution in [-0.2, 0) is 17.9 Å². The van der Waals surface area contributed by atoms with Crippen molar-refractivity contribution in [1.82, 2.24) is 4.90 Å². The van der Waals surface area contributed by atoms with Crippen LogP contribution in [0.25, 0.3) is 0 Å². The number of hydrogen-bond donors (Lipinski definition) is 1. The van der Waals surface area contributed by atoms with Gasteiger partial charge in [0.1, 0.15) is 11.6 Å². The Kier molecular flexibility index (Phi) is 7.88. The van der Waals surface area contributed by atoms with Crippen molar-refractivity contribution in [2.75, 3.05) is 31.4 Å². The van der Waals surface area contributed by atoms with Crippen LogP contribution in [0.1, 0.15) is 40.7 Å². The highest BCUT2D eigenvalue weighted by atomic mass is 19.1. The number of anilines is 2. The summed E-state index contributed by atoms with van der Waals surface area (Å²) in [6.07, 6.45) is 2.93. The van der Waals surface area contributed by atoms with E-state index in [1.165, 1.54) is 12.1 Å². The monoisotopic (exact) mass is 489 g/mol. The Morgan fingerprint density at radius 1 is 1.00 bits per heavy atom. The van der Waals surface area contributed by atoms with Crippen molar-refractivity contribution in [3.63, 3.8) is 0 Å². The summed E-state index contributed by atoms with van der Waals surface area (Å²) < 4.78 is 19.2. The molecule has 3 aromatic rings. The third-order valence-electron chi connectivity index (χ3n) is 6.55. The van der Waals surface area contributed by atoms with Crippen molar-refractivity contribution in [1.29, 1.82) is 0 Å². The minimum absolute atomic E-state index is 0.0377. The molecular formula is C29H32FN3O3. The number of halogens is 1. The van der Waals surface area contributed by atoms with E-state index in [9.17, 15) is 14.0 Å². The van der Waals surface area contributed by atoms with Gasteiger partial charge >= 0.3 is 0 Å². The standard InChI is InChI=1S/C29H32FN3O3/c1-32(2)27-15-12-25(31-28(34)21-7-5-8-21)17-23(27)19-33(18-20-6-4-9-24(30)16-20)29(35)22-10-13-26(36-3)14-11-22/h4,6,9-17,21H,5,7-8,18-19H2,1-3H3,(H,31,34). The molecule has 188 valence electrons. The molecule has 3 aromatic carbocycles. The van der Waals surface area contributed by atoms with Crippen LogP contribution in [0.4, 0.5) is 15.8 Å². The average Bonchev–Trinajstić information content (AvgIpc) is 2.82. The molecular weight excluding hydrogens is 457 g/mol. The molecule has 0 spiro atoms. The molecule has 0 unspecified atom stereocenters. The van der Waals surface area contributed by atoms with Gasteiger partial charge in [-0.2, -0.15) is 0 Å². The number of nitrogens with one attached hydrogen (secondary N) is 1. The van der Waals surface area contributed by atoms with E-state index >= 15 is 0 Å².